The molecular weight excluding hydrogens is 382 g/mol. The van der Waals surface area contributed by atoms with E-state index in [1.807, 2.05) is 29.8 Å². The lowest BCUT2D eigenvalue weighted by atomic mass is 10.0. The Morgan fingerprint density at radius 3 is 2.23 bits per heavy atom. The van der Waals surface area contributed by atoms with Gasteiger partial charge in [0, 0.05) is 41.7 Å². The highest BCUT2D eigenvalue weighted by Crippen LogP contribution is 2.15. The van der Waals surface area contributed by atoms with E-state index in [0.717, 1.165) is 23.5 Å². The van der Waals surface area contributed by atoms with Crippen LogP contribution in [0.4, 0.5) is 0 Å². The van der Waals surface area contributed by atoms with Crippen LogP contribution in [-0.4, -0.2) is 20.3 Å². The summed E-state index contributed by atoms with van der Waals surface area (Å²) in [4.78, 5) is 22.0. The third-order valence-electron chi connectivity index (χ3n) is 5.38. The topological polar surface area (TPSA) is 47.8 Å². The second-order valence-electron chi connectivity index (χ2n) is 8.26. The van der Waals surface area contributed by atoms with Crippen LogP contribution in [-0.2, 0) is 19.4 Å². The summed E-state index contributed by atoms with van der Waals surface area (Å²) in [6.07, 6.45) is 5.05. The average Bonchev–Trinajstić information content (AvgIpc) is 3.14. The SMILES string of the molecule is Cc1cccc(Cc2cc(C(=O)Cn3cncc3Cc3cccc(C)c3)cc(C)n2)c1. The Morgan fingerprint density at radius 1 is 0.871 bits per heavy atom. The Balaban J connectivity index is 1.52. The minimum atomic E-state index is 0.0690. The molecule has 0 aliphatic rings. The highest BCUT2D eigenvalue weighted by molar-refractivity contribution is 5.96. The van der Waals surface area contributed by atoms with E-state index in [1.54, 1.807) is 6.33 Å². The lowest BCUT2D eigenvalue weighted by Gasteiger charge is -2.10. The zero-order chi connectivity index (χ0) is 21.8. The van der Waals surface area contributed by atoms with Crippen molar-refractivity contribution >= 4 is 5.78 Å². The molecule has 0 unspecified atom stereocenters. The zero-order valence-electron chi connectivity index (χ0n) is 18.3. The van der Waals surface area contributed by atoms with E-state index in [9.17, 15) is 4.79 Å². The molecule has 4 heteroatoms. The van der Waals surface area contributed by atoms with E-state index < -0.39 is 0 Å². The van der Waals surface area contributed by atoms with Gasteiger partial charge in [0.25, 0.3) is 0 Å². The first-order valence-corrected chi connectivity index (χ1v) is 10.6. The maximum Gasteiger partial charge on any atom is 0.182 e. The van der Waals surface area contributed by atoms with Crippen molar-refractivity contribution in [1.82, 2.24) is 14.5 Å². The van der Waals surface area contributed by atoms with Crippen LogP contribution in [0.25, 0.3) is 0 Å². The maximum atomic E-state index is 13.1. The van der Waals surface area contributed by atoms with Crippen molar-refractivity contribution in [3.05, 3.63) is 118 Å². The number of Topliss-reactive ketones (excluding diaryl/α,β-unsaturated/α-hetero) is 1. The predicted molar refractivity (Wildman–Crippen MR) is 124 cm³/mol. The molecule has 2 aromatic carbocycles. The van der Waals surface area contributed by atoms with Crippen LogP contribution in [0, 0.1) is 20.8 Å². The first-order chi connectivity index (χ1) is 15.0. The summed E-state index contributed by atoms with van der Waals surface area (Å²) in [7, 11) is 0. The number of hydrogen-bond donors (Lipinski definition) is 0. The monoisotopic (exact) mass is 409 g/mol. The molecule has 156 valence electrons. The van der Waals surface area contributed by atoms with E-state index in [4.69, 9.17) is 0 Å². The summed E-state index contributed by atoms with van der Waals surface area (Å²) in [5.41, 5.74) is 8.38. The molecule has 0 amide bonds. The molecule has 2 heterocycles. The molecule has 4 nitrogen and oxygen atoms in total. The largest absolute Gasteiger partial charge is 0.326 e. The number of carbonyl (C=O) groups is 1. The highest BCUT2D eigenvalue weighted by atomic mass is 16.1. The third-order valence-corrected chi connectivity index (χ3v) is 5.38. The van der Waals surface area contributed by atoms with Crippen molar-refractivity contribution in [2.75, 3.05) is 0 Å². The molecule has 31 heavy (non-hydrogen) atoms. The van der Waals surface area contributed by atoms with E-state index in [2.05, 4.69) is 72.3 Å². The molecule has 0 aliphatic heterocycles. The van der Waals surface area contributed by atoms with Gasteiger partial charge in [-0.05, 0) is 44.0 Å². The maximum absolute atomic E-state index is 13.1. The van der Waals surface area contributed by atoms with Crippen LogP contribution in [0.3, 0.4) is 0 Å². The van der Waals surface area contributed by atoms with Gasteiger partial charge in [-0.15, -0.1) is 0 Å². The molecule has 0 bridgehead atoms. The Morgan fingerprint density at radius 2 is 1.55 bits per heavy atom. The van der Waals surface area contributed by atoms with Crippen LogP contribution in [0.2, 0.25) is 0 Å². The zero-order valence-corrected chi connectivity index (χ0v) is 18.3. The van der Waals surface area contributed by atoms with Crippen LogP contribution in [0.5, 0.6) is 0 Å². The second-order valence-corrected chi connectivity index (χ2v) is 8.26. The summed E-state index contributed by atoms with van der Waals surface area (Å²) < 4.78 is 1.95. The van der Waals surface area contributed by atoms with Crippen molar-refractivity contribution in [2.24, 2.45) is 0 Å². The fourth-order valence-electron chi connectivity index (χ4n) is 3.94. The minimum absolute atomic E-state index is 0.0690. The molecule has 0 aliphatic carbocycles. The minimum Gasteiger partial charge on any atom is -0.326 e. The molecular formula is C27H27N3O. The first kappa shape index (κ1) is 20.7. The van der Waals surface area contributed by atoms with Crippen LogP contribution >= 0.6 is 0 Å². The van der Waals surface area contributed by atoms with Gasteiger partial charge in [-0.2, -0.15) is 0 Å². The Hall–Kier alpha value is -3.53. The third kappa shape index (κ3) is 5.34. The smallest absolute Gasteiger partial charge is 0.182 e. The van der Waals surface area contributed by atoms with E-state index in [-0.39, 0.29) is 12.3 Å². The van der Waals surface area contributed by atoms with Gasteiger partial charge in [0.1, 0.15) is 0 Å². The van der Waals surface area contributed by atoms with Gasteiger partial charge in [-0.1, -0.05) is 59.7 Å². The van der Waals surface area contributed by atoms with E-state index in [0.29, 0.717) is 12.0 Å². The van der Waals surface area contributed by atoms with Crippen molar-refractivity contribution < 1.29 is 4.79 Å². The average molecular weight is 410 g/mol. The van der Waals surface area contributed by atoms with Gasteiger partial charge >= 0.3 is 0 Å². The lowest BCUT2D eigenvalue weighted by Crippen LogP contribution is -2.13. The number of rotatable bonds is 7. The molecule has 0 saturated carbocycles. The second kappa shape index (κ2) is 9.09. The van der Waals surface area contributed by atoms with Gasteiger partial charge in [-0.25, -0.2) is 4.98 Å². The summed E-state index contributed by atoms with van der Waals surface area (Å²) >= 11 is 0. The van der Waals surface area contributed by atoms with E-state index in [1.165, 1.54) is 22.3 Å². The van der Waals surface area contributed by atoms with Gasteiger partial charge < -0.3 is 4.57 Å². The number of ketones is 1. The highest BCUT2D eigenvalue weighted by Gasteiger charge is 2.13. The molecule has 0 radical (unpaired) electrons. The number of benzene rings is 2. The van der Waals surface area contributed by atoms with Gasteiger partial charge in [0.2, 0.25) is 0 Å². The Kier molecular flexibility index (Phi) is 6.08. The summed E-state index contributed by atoms with van der Waals surface area (Å²) in [6, 6.07) is 20.6. The normalized spacial score (nSPS) is 10.9. The van der Waals surface area contributed by atoms with Crippen molar-refractivity contribution in [2.45, 2.75) is 40.2 Å². The van der Waals surface area contributed by atoms with Crippen molar-refractivity contribution in [3.8, 4) is 0 Å². The quantitative estimate of drug-likeness (QED) is 0.391. The number of carbonyl (C=O) groups excluding carboxylic acids is 1. The van der Waals surface area contributed by atoms with Crippen molar-refractivity contribution in [3.63, 3.8) is 0 Å². The number of hydrogen-bond acceptors (Lipinski definition) is 3. The first-order valence-electron chi connectivity index (χ1n) is 10.6. The fourth-order valence-corrected chi connectivity index (χ4v) is 3.94. The predicted octanol–water partition coefficient (Wildman–Crippen LogP) is 5.27. The number of aryl methyl sites for hydroxylation is 3. The Labute approximate surface area is 183 Å². The molecule has 0 spiro atoms. The molecule has 0 N–H and O–H groups in total. The van der Waals surface area contributed by atoms with Gasteiger partial charge in [0.05, 0.1) is 12.9 Å². The van der Waals surface area contributed by atoms with Gasteiger partial charge in [0.15, 0.2) is 5.78 Å². The summed E-state index contributed by atoms with van der Waals surface area (Å²) in [6.45, 7) is 6.39. The molecule has 0 fully saturated rings. The molecule has 4 aromatic rings. The number of pyridine rings is 1. The van der Waals surface area contributed by atoms with Crippen LogP contribution in [0.15, 0.2) is 73.2 Å². The van der Waals surface area contributed by atoms with Crippen LogP contribution < -0.4 is 0 Å². The number of aromatic nitrogens is 3. The van der Waals surface area contributed by atoms with E-state index >= 15 is 0 Å². The lowest BCUT2D eigenvalue weighted by molar-refractivity contribution is 0.0971. The molecule has 2 aromatic heterocycles. The standard InChI is InChI=1S/C27H27N3O/c1-19-6-4-8-22(10-19)13-25-15-24(12-21(3)29-25)27(31)17-30-18-28-16-26(30)14-23-9-5-7-20(2)11-23/h4-12,15-16,18H,13-14,17H2,1-3H3. The van der Waals surface area contributed by atoms with Gasteiger partial charge in [-0.3, -0.25) is 9.78 Å². The fraction of sp³-hybridized carbons (Fsp3) is 0.222. The molecule has 0 atom stereocenters. The summed E-state index contributed by atoms with van der Waals surface area (Å²) in [5.74, 6) is 0.0690. The van der Waals surface area contributed by atoms with Crippen molar-refractivity contribution in [1.29, 1.82) is 0 Å². The summed E-state index contributed by atoms with van der Waals surface area (Å²) in [5, 5.41) is 0. The number of nitrogens with zero attached hydrogens (tertiary/aromatic N) is 3. The Bertz CT molecular complexity index is 1220. The van der Waals surface area contributed by atoms with Crippen LogP contribution in [0.1, 0.15) is 49.7 Å². The molecule has 0 saturated heterocycles. The number of imidazole rings is 1. The molecule has 4 rings (SSSR count).